The van der Waals surface area contributed by atoms with Gasteiger partial charge in [0.05, 0.1) is 0 Å². The minimum atomic E-state index is -1.19. The van der Waals surface area contributed by atoms with E-state index in [4.69, 9.17) is 17.2 Å². The van der Waals surface area contributed by atoms with Gasteiger partial charge < -0.3 is 22.3 Å². The summed E-state index contributed by atoms with van der Waals surface area (Å²) in [5.74, 6) is -0.828. The Labute approximate surface area is 198 Å². The highest BCUT2D eigenvalue weighted by Gasteiger charge is 2.40. The molecule has 0 aromatic carbocycles. The lowest BCUT2D eigenvalue weighted by atomic mass is 9.75. The van der Waals surface area contributed by atoms with Gasteiger partial charge in [-0.15, -0.1) is 0 Å². The molecule has 0 saturated heterocycles. The molecule has 0 aromatic rings. The standard InChI is InChI=1S/C26H54N4O2/c1-3-5-7-9-11-12-13-15-17-20-23(19-16-14-10-8-6-4-2)26(29,24(31)32)21-18-22-30-25(27)28/h23H,3-22,29H2,1-2H3,(H,31,32)(H4,27,28,30)/t23?,26-/m1/s1. The van der Waals surface area contributed by atoms with E-state index in [2.05, 4.69) is 18.8 Å². The summed E-state index contributed by atoms with van der Waals surface area (Å²) in [7, 11) is 0. The van der Waals surface area contributed by atoms with Crippen LogP contribution in [-0.2, 0) is 4.79 Å². The molecule has 0 aromatic heterocycles. The number of aliphatic carboxylic acids is 1. The number of nitrogens with zero attached hydrogens (tertiary/aromatic N) is 1. The highest BCUT2D eigenvalue weighted by Crippen LogP contribution is 2.31. The molecular weight excluding hydrogens is 400 g/mol. The summed E-state index contributed by atoms with van der Waals surface area (Å²) in [5.41, 5.74) is 16.2. The normalized spacial score (nSPS) is 14.1. The summed E-state index contributed by atoms with van der Waals surface area (Å²) in [6.45, 7) is 4.90. The van der Waals surface area contributed by atoms with Crippen LogP contribution in [0.1, 0.15) is 136 Å². The van der Waals surface area contributed by atoms with Gasteiger partial charge in [0.2, 0.25) is 0 Å². The van der Waals surface area contributed by atoms with Gasteiger partial charge in [0.15, 0.2) is 5.96 Å². The zero-order chi connectivity index (χ0) is 24.1. The Morgan fingerprint density at radius 1 is 0.750 bits per heavy atom. The zero-order valence-corrected chi connectivity index (χ0v) is 21.3. The number of aliphatic imine (C=N–C) groups is 1. The van der Waals surface area contributed by atoms with Crippen LogP contribution in [-0.4, -0.2) is 29.1 Å². The van der Waals surface area contributed by atoms with Gasteiger partial charge in [-0.25, -0.2) is 0 Å². The molecule has 6 heteroatoms. The number of guanidine groups is 1. The Hall–Kier alpha value is -1.30. The lowest BCUT2D eigenvalue weighted by molar-refractivity contribution is -0.146. The van der Waals surface area contributed by atoms with Gasteiger partial charge in [-0.1, -0.05) is 110 Å². The maximum absolute atomic E-state index is 12.2. The Kier molecular flexibility index (Phi) is 19.5. The van der Waals surface area contributed by atoms with Crippen LogP contribution in [0, 0.1) is 5.92 Å². The SMILES string of the molecule is CCCCCCCCCCCC(CCCCCCCC)[C@](N)(CCCN=C(N)N)C(=O)O. The fourth-order valence-corrected chi connectivity index (χ4v) is 4.60. The van der Waals surface area contributed by atoms with E-state index in [0.717, 1.165) is 32.1 Å². The van der Waals surface area contributed by atoms with Crippen molar-refractivity contribution >= 4 is 11.9 Å². The highest BCUT2D eigenvalue weighted by molar-refractivity contribution is 5.79. The number of carboxylic acid groups (broad SMARTS) is 1. The molecule has 0 bridgehead atoms. The molecule has 0 aliphatic heterocycles. The van der Waals surface area contributed by atoms with Crippen molar-refractivity contribution in [1.29, 1.82) is 0 Å². The van der Waals surface area contributed by atoms with Crippen molar-refractivity contribution in [2.75, 3.05) is 6.54 Å². The molecule has 0 radical (unpaired) electrons. The molecule has 1 unspecified atom stereocenters. The summed E-state index contributed by atoms with van der Waals surface area (Å²) in [6, 6.07) is 0. The number of hydrogen-bond acceptors (Lipinski definition) is 3. The van der Waals surface area contributed by atoms with Crippen LogP contribution in [0.4, 0.5) is 0 Å². The van der Waals surface area contributed by atoms with Gasteiger partial charge >= 0.3 is 5.97 Å². The molecule has 0 aliphatic carbocycles. The average Bonchev–Trinajstić information content (AvgIpc) is 2.76. The van der Waals surface area contributed by atoms with Crippen molar-refractivity contribution in [3.05, 3.63) is 0 Å². The molecule has 6 nitrogen and oxygen atoms in total. The predicted molar refractivity (Wildman–Crippen MR) is 138 cm³/mol. The van der Waals surface area contributed by atoms with Gasteiger partial charge in [-0.2, -0.15) is 0 Å². The van der Waals surface area contributed by atoms with E-state index in [9.17, 15) is 9.90 Å². The van der Waals surface area contributed by atoms with Crippen LogP contribution in [0.5, 0.6) is 0 Å². The molecule has 2 atom stereocenters. The van der Waals surface area contributed by atoms with E-state index in [1.54, 1.807) is 0 Å². The van der Waals surface area contributed by atoms with E-state index in [0.29, 0.717) is 19.4 Å². The van der Waals surface area contributed by atoms with Gasteiger partial charge in [0.25, 0.3) is 0 Å². The first-order valence-electron chi connectivity index (χ1n) is 13.5. The van der Waals surface area contributed by atoms with E-state index >= 15 is 0 Å². The molecular formula is C26H54N4O2. The van der Waals surface area contributed by atoms with E-state index < -0.39 is 11.5 Å². The maximum atomic E-state index is 12.2. The lowest BCUT2D eigenvalue weighted by Crippen LogP contribution is -2.54. The fourth-order valence-electron chi connectivity index (χ4n) is 4.60. The largest absolute Gasteiger partial charge is 0.480 e. The molecule has 0 fully saturated rings. The van der Waals surface area contributed by atoms with Crippen molar-refractivity contribution in [2.45, 2.75) is 141 Å². The number of carboxylic acids is 1. The van der Waals surface area contributed by atoms with Gasteiger partial charge in [0, 0.05) is 6.54 Å². The second kappa shape index (κ2) is 20.3. The van der Waals surface area contributed by atoms with Crippen molar-refractivity contribution in [3.63, 3.8) is 0 Å². The number of nitrogens with two attached hydrogens (primary N) is 3. The van der Waals surface area contributed by atoms with E-state index in [1.807, 2.05) is 0 Å². The lowest BCUT2D eigenvalue weighted by Gasteiger charge is -2.34. The van der Waals surface area contributed by atoms with Crippen LogP contribution >= 0.6 is 0 Å². The average molecular weight is 455 g/mol. The first-order valence-corrected chi connectivity index (χ1v) is 13.5. The fraction of sp³-hybridized carbons (Fsp3) is 0.923. The molecule has 32 heavy (non-hydrogen) atoms. The first kappa shape index (κ1) is 30.7. The van der Waals surface area contributed by atoms with Gasteiger partial charge in [0.1, 0.15) is 5.54 Å². The van der Waals surface area contributed by atoms with E-state index in [-0.39, 0.29) is 11.9 Å². The monoisotopic (exact) mass is 454 g/mol. The predicted octanol–water partition coefficient (Wildman–Crippen LogP) is 6.11. The number of rotatable bonds is 23. The van der Waals surface area contributed by atoms with E-state index in [1.165, 1.54) is 77.0 Å². The summed E-state index contributed by atoms with van der Waals surface area (Å²) in [4.78, 5) is 16.2. The zero-order valence-electron chi connectivity index (χ0n) is 21.3. The summed E-state index contributed by atoms with van der Waals surface area (Å²) in [6.07, 6.45) is 21.5. The minimum absolute atomic E-state index is 0.00920. The second-order valence-corrected chi connectivity index (χ2v) is 9.63. The molecule has 0 rings (SSSR count). The molecule has 190 valence electrons. The molecule has 0 heterocycles. The van der Waals surface area contributed by atoms with Gasteiger partial charge in [-0.3, -0.25) is 9.79 Å². The van der Waals surface area contributed by atoms with Crippen LogP contribution in [0.15, 0.2) is 4.99 Å². The topological polar surface area (TPSA) is 128 Å². The Balaban J connectivity index is 4.65. The third kappa shape index (κ3) is 15.5. The van der Waals surface area contributed by atoms with Crippen LogP contribution < -0.4 is 17.2 Å². The number of carbonyl (C=O) groups is 1. The third-order valence-corrected chi connectivity index (χ3v) is 6.73. The van der Waals surface area contributed by atoms with Crippen LogP contribution in [0.25, 0.3) is 0 Å². The first-order chi connectivity index (χ1) is 15.4. The molecule has 0 saturated carbocycles. The minimum Gasteiger partial charge on any atom is -0.480 e. The molecule has 0 amide bonds. The van der Waals surface area contributed by atoms with Gasteiger partial charge in [-0.05, 0) is 31.6 Å². The smallest absolute Gasteiger partial charge is 0.323 e. The third-order valence-electron chi connectivity index (χ3n) is 6.73. The Bertz CT molecular complexity index is 480. The number of unbranched alkanes of at least 4 members (excludes halogenated alkanes) is 13. The van der Waals surface area contributed by atoms with Crippen molar-refractivity contribution in [1.82, 2.24) is 0 Å². The quantitative estimate of drug-likeness (QED) is 0.0841. The molecule has 7 N–H and O–H groups in total. The highest BCUT2D eigenvalue weighted by atomic mass is 16.4. The maximum Gasteiger partial charge on any atom is 0.323 e. The van der Waals surface area contributed by atoms with Crippen molar-refractivity contribution in [3.8, 4) is 0 Å². The summed E-state index contributed by atoms with van der Waals surface area (Å²) in [5, 5.41) is 10.0. The summed E-state index contributed by atoms with van der Waals surface area (Å²) < 4.78 is 0. The molecule has 0 aliphatic rings. The summed E-state index contributed by atoms with van der Waals surface area (Å²) >= 11 is 0. The Morgan fingerprint density at radius 2 is 1.16 bits per heavy atom. The van der Waals surface area contributed by atoms with Crippen LogP contribution in [0.3, 0.4) is 0 Å². The molecule has 0 spiro atoms. The second-order valence-electron chi connectivity index (χ2n) is 9.63. The van der Waals surface area contributed by atoms with Crippen LogP contribution in [0.2, 0.25) is 0 Å². The number of hydrogen-bond donors (Lipinski definition) is 4. The van der Waals surface area contributed by atoms with Crippen molar-refractivity contribution < 1.29 is 9.90 Å². The Morgan fingerprint density at radius 3 is 1.53 bits per heavy atom. The van der Waals surface area contributed by atoms with Crippen molar-refractivity contribution in [2.24, 2.45) is 28.1 Å².